The van der Waals surface area contributed by atoms with Gasteiger partial charge in [-0.2, -0.15) is 13.2 Å². The summed E-state index contributed by atoms with van der Waals surface area (Å²) in [6.07, 6.45) is -2.69. The Bertz CT molecular complexity index is 1370. The number of pyridine rings is 1. The Labute approximate surface area is 225 Å². The van der Waals surface area contributed by atoms with Gasteiger partial charge in [-0.1, -0.05) is 37.2 Å². The molecule has 39 heavy (non-hydrogen) atoms. The number of aryl methyl sites for hydroxylation is 1. The van der Waals surface area contributed by atoms with Gasteiger partial charge in [-0.3, -0.25) is 4.79 Å². The van der Waals surface area contributed by atoms with Crippen molar-refractivity contribution in [1.82, 2.24) is 15.0 Å². The first-order valence-electron chi connectivity index (χ1n) is 13.0. The van der Waals surface area contributed by atoms with Crippen molar-refractivity contribution in [3.05, 3.63) is 76.7 Å². The lowest BCUT2D eigenvalue weighted by Crippen LogP contribution is -2.49. The van der Waals surface area contributed by atoms with Crippen LogP contribution in [0.3, 0.4) is 0 Å². The molecular weight excluding hydrogens is 507 g/mol. The lowest BCUT2D eigenvalue weighted by Gasteiger charge is -2.44. The Balaban J connectivity index is 1.61. The zero-order valence-corrected chi connectivity index (χ0v) is 22.5. The van der Waals surface area contributed by atoms with E-state index in [0.717, 1.165) is 44.1 Å². The van der Waals surface area contributed by atoms with Crippen molar-refractivity contribution in [2.45, 2.75) is 33.0 Å². The number of piperazine rings is 1. The normalized spacial score (nSPS) is 21.6. The molecule has 2 aliphatic heterocycles. The highest BCUT2D eigenvalue weighted by atomic mass is 19.4. The predicted molar refractivity (Wildman–Crippen MR) is 143 cm³/mol. The molecule has 0 saturated carbocycles. The van der Waals surface area contributed by atoms with Crippen LogP contribution < -0.4 is 9.80 Å². The highest BCUT2D eigenvalue weighted by Gasteiger charge is 2.45. The Kier molecular flexibility index (Phi) is 7.00. The van der Waals surface area contributed by atoms with Gasteiger partial charge in [-0.15, -0.1) is 0 Å². The van der Waals surface area contributed by atoms with Crippen LogP contribution in [-0.4, -0.2) is 60.6 Å². The molecule has 0 amide bonds. The van der Waals surface area contributed by atoms with E-state index < -0.39 is 23.2 Å². The van der Waals surface area contributed by atoms with E-state index in [1.807, 2.05) is 36.9 Å². The highest BCUT2D eigenvalue weighted by Crippen LogP contribution is 2.44. The van der Waals surface area contributed by atoms with Gasteiger partial charge in [0.25, 0.3) is 0 Å². The summed E-state index contributed by atoms with van der Waals surface area (Å²) in [5.41, 5.74) is 0.0739. The largest absolute Gasteiger partial charge is 0.416 e. The standard InChI is InChI=1S/C29H32F3N5O2/c1-19-16-25(34-39-19)37-18-28(2,3)27(38)23(26(37)20-8-10-21(11-9-20)29(30,31)32)17-22-6-5-7-24(33-22)36-14-12-35(4)13-15-36/h5-11,16-17,26H,12-15,18H2,1-4H3/b23-17-. The number of carbonyl (C=O) groups excluding carboxylic acids is 1. The molecule has 206 valence electrons. The van der Waals surface area contributed by atoms with Crippen molar-refractivity contribution in [3.8, 4) is 0 Å². The van der Waals surface area contributed by atoms with E-state index >= 15 is 0 Å². The Morgan fingerprint density at radius 2 is 1.72 bits per heavy atom. The number of piperidine rings is 1. The molecule has 5 rings (SSSR count). The van der Waals surface area contributed by atoms with Crippen molar-refractivity contribution in [1.29, 1.82) is 0 Å². The zero-order valence-electron chi connectivity index (χ0n) is 22.5. The lowest BCUT2D eigenvalue weighted by atomic mass is 9.74. The van der Waals surface area contributed by atoms with Gasteiger partial charge in [0.05, 0.1) is 17.3 Å². The van der Waals surface area contributed by atoms with Gasteiger partial charge in [0.15, 0.2) is 11.6 Å². The van der Waals surface area contributed by atoms with Crippen LogP contribution in [-0.2, 0) is 11.0 Å². The first-order valence-corrected chi connectivity index (χ1v) is 13.0. The second-order valence-corrected chi connectivity index (χ2v) is 11.0. The summed E-state index contributed by atoms with van der Waals surface area (Å²) >= 11 is 0. The minimum absolute atomic E-state index is 0.0873. The van der Waals surface area contributed by atoms with E-state index in [0.29, 0.717) is 35.0 Å². The zero-order chi connectivity index (χ0) is 27.9. The minimum atomic E-state index is -4.46. The molecule has 1 atom stereocenters. The van der Waals surface area contributed by atoms with Crippen LogP contribution in [0.4, 0.5) is 24.8 Å². The molecule has 2 aromatic heterocycles. The van der Waals surface area contributed by atoms with Gasteiger partial charge in [0.1, 0.15) is 11.6 Å². The lowest BCUT2D eigenvalue weighted by molar-refractivity contribution is -0.137. The third kappa shape index (κ3) is 5.56. The molecule has 0 N–H and O–H groups in total. The van der Waals surface area contributed by atoms with Crippen LogP contribution in [0.25, 0.3) is 6.08 Å². The average molecular weight is 540 g/mol. The molecule has 7 nitrogen and oxygen atoms in total. The van der Waals surface area contributed by atoms with Crippen molar-refractivity contribution < 1.29 is 22.5 Å². The topological polar surface area (TPSA) is 65.7 Å². The molecule has 2 fully saturated rings. The van der Waals surface area contributed by atoms with Crippen LogP contribution >= 0.6 is 0 Å². The van der Waals surface area contributed by atoms with E-state index in [4.69, 9.17) is 9.51 Å². The van der Waals surface area contributed by atoms with E-state index in [2.05, 4.69) is 22.0 Å². The highest BCUT2D eigenvalue weighted by molar-refractivity contribution is 6.06. The number of anilines is 2. The van der Waals surface area contributed by atoms with Gasteiger partial charge in [0, 0.05) is 49.8 Å². The van der Waals surface area contributed by atoms with Crippen molar-refractivity contribution in [2.75, 3.05) is 49.6 Å². The third-order valence-corrected chi connectivity index (χ3v) is 7.40. The van der Waals surface area contributed by atoms with Crippen LogP contribution in [0, 0.1) is 12.3 Å². The maximum absolute atomic E-state index is 13.9. The van der Waals surface area contributed by atoms with Crippen molar-refractivity contribution >= 4 is 23.5 Å². The van der Waals surface area contributed by atoms with E-state index in [1.54, 1.807) is 19.1 Å². The molecule has 0 spiro atoms. The van der Waals surface area contributed by atoms with E-state index in [-0.39, 0.29) is 5.78 Å². The average Bonchev–Trinajstić information content (AvgIpc) is 3.33. The summed E-state index contributed by atoms with van der Waals surface area (Å²) < 4.78 is 45.3. The molecule has 3 aromatic rings. The molecule has 0 radical (unpaired) electrons. The maximum Gasteiger partial charge on any atom is 0.416 e. The number of rotatable bonds is 4. The van der Waals surface area contributed by atoms with Crippen LogP contribution in [0.1, 0.15) is 42.5 Å². The number of hydrogen-bond acceptors (Lipinski definition) is 7. The fourth-order valence-electron chi connectivity index (χ4n) is 5.22. The van der Waals surface area contributed by atoms with Crippen LogP contribution in [0.2, 0.25) is 0 Å². The fraction of sp³-hybridized carbons (Fsp3) is 0.414. The molecular formula is C29H32F3N5O2. The second kappa shape index (κ2) is 10.1. The number of carbonyl (C=O) groups is 1. The maximum atomic E-state index is 13.9. The quantitative estimate of drug-likeness (QED) is 0.412. The first kappa shape index (κ1) is 26.9. The smallest absolute Gasteiger partial charge is 0.360 e. The summed E-state index contributed by atoms with van der Waals surface area (Å²) in [5, 5.41) is 4.19. The Morgan fingerprint density at radius 3 is 2.33 bits per heavy atom. The molecule has 0 aliphatic carbocycles. The number of likely N-dealkylation sites (N-methyl/N-ethyl adjacent to an activating group) is 1. The number of hydrogen-bond donors (Lipinski definition) is 0. The summed E-state index contributed by atoms with van der Waals surface area (Å²) in [4.78, 5) is 25.2. The minimum Gasteiger partial charge on any atom is -0.360 e. The van der Waals surface area contributed by atoms with Gasteiger partial charge in [0.2, 0.25) is 0 Å². The molecule has 10 heteroatoms. The number of benzene rings is 1. The number of aromatic nitrogens is 2. The number of ketones is 1. The molecule has 4 heterocycles. The predicted octanol–water partition coefficient (Wildman–Crippen LogP) is 5.39. The number of halogens is 3. The summed E-state index contributed by atoms with van der Waals surface area (Å²) in [7, 11) is 2.09. The van der Waals surface area contributed by atoms with Crippen LogP contribution in [0.15, 0.2) is 58.6 Å². The number of alkyl halides is 3. The Hall–Kier alpha value is -3.66. The summed E-state index contributed by atoms with van der Waals surface area (Å²) in [6, 6.07) is 11.8. The van der Waals surface area contributed by atoms with Gasteiger partial charge < -0.3 is 19.2 Å². The molecule has 0 bridgehead atoms. The molecule has 2 saturated heterocycles. The number of Topliss-reactive ketones (excluding diaryl/α,β-unsaturated/α-hetero) is 1. The Morgan fingerprint density at radius 1 is 1.03 bits per heavy atom. The number of nitrogens with zero attached hydrogens (tertiary/aromatic N) is 5. The third-order valence-electron chi connectivity index (χ3n) is 7.40. The van der Waals surface area contributed by atoms with Gasteiger partial charge in [-0.25, -0.2) is 4.98 Å². The van der Waals surface area contributed by atoms with Gasteiger partial charge in [-0.05, 0) is 49.9 Å². The molecule has 2 aliphatic rings. The monoisotopic (exact) mass is 539 g/mol. The molecule has 1 aromatic carbocycles. The summed E-state index contributed by atoms with van der Waals surface area (Å²) in [6.45, 7) is 9.37. The van der Waals surface area contributed by atoms with Crippen molar-refractivity contribution in [2.24, 2.45) is 5.41 Å². The molecule has 1 unspecified atom stereocenters. The van der Waals surface area contributed by atoms with Gasteiger partial charge >= 0.3 is 6.18 Å². The van der Waals surface area contributed by atoms with Crippen LogP contribution in [0.5, 0.6) is 0 Å². The van der Waals surface area contributed by atoms with E-state index in [1.165, 1.54) is 12.1 Å². The van der Waals surface area contributed by atoms with E-state index in [9.17, 15) is 18.0 Å². The second-order valence-electron chi connectivity index (χ2n) is 11.0. The van der Waals surface area contributed by atoms with Crippen molar-refractivity contribution in [3.63, 3.8) is 0 Å². The first-order chi connectivity index (χ1) is 18.4. The summed E-state index contributed by atoms with van der Waals surface area (Å²) in [5.74, 6) is 1.85. The SMILES string of the molecule is Cc1cc(N2CC(C)(C)C(=O)/C(=C\c3cccc(N4CCN(C)CC4)n3)C2c2ccc(C(F)(F)F)cc2)no1. The fourth-order valence-corrected chi connectivity index (χ4v) is 5.22.